The van der Waals surface area contributed by atoms with E-state index < -0.39 is 0 Å². The first-order valence-corrected chi connectivity index (χ1v) is 7.81. The molecule has 1 aliphatic rings. The summed E-state index contributed by atoms with van der Waals surface area (Å²) in [5, 5.41) is 3.58. The highest BCUT2D eigenvalue weighted by Gasteiger charge is 2.24. The second kappa shape index (κ2) is 7.19. The van der Waals surface area contributed by atoms with Crippen molar-refractivity contribution in [1.29, 1.82) is 0 Å². The Hall–Kier alpha value is -0.930. The molecule has 1 saturated heterocycles. The number of aryl methyl sites for hydroxylation is 1. The van der Waals surface area contributed by atoms with Crippen LogP contribution in [-0.2, 0) is 6.42 Å². The molecule has 0 amide bonds. The van der Waals surface area contributed by atoms with Crippen molar-refractivity contribution >= 4 is 0 Å². The molecule has 0 radical (unpaired) electrons. The molecule has 2 nitrogen and oxygen atoms in total. The topological polar surface area (TPSA) is 15.3 Å². The number of hydrogen-bond acceptors (Lipinski definition) is 2. The van der Waals surface area contributed by atoms with Crippen molar-refractivity contribution in [2.24, 2.45) is 5.92 Å². The lowest BCUT2D eigenvalue weighted by Gasteiger charge is -2.37. The predicted octanol–water partition coefficient (Wildman–Crippen LogP) is 3.00. The Kier molecular flexibility index (Phi) is 5.55. The smallest absolute Gasteiger partial charge is 0.123 e. The van der Waals surface area contributed by atoms with Gasteiger partial charge in [-0.3, -0.25) is 0 Å². The van der Waals surface area contributed by atoms with Gasteiger partial charge in [-0.15, -0.1) is 0 Å². The van der Waals surface area contributed by atoms with Crippen LogP contribution in [0.15, 0.2) is 18.2 Å². The Balaban J connectivity index is 1.83. The Bertz CT molecular complexity index is 433. The van der Waals surface area contributed by atoms with Gasteiger partial charge < -0.3 is 10.2 Å². The van der Waals surface area contributed by atoms with Crippen LogP contribution in [0.25, 0.3) is 0 Å². The summed E-state index contributed by atoms with van der Waals surface area (Å²) in [6, 6.07) is 5.81. The molecule has 0 aromatic heterocycles. The van der Waals surface area contributed by atoms with E-state index in [0.29, 0.717) is 12.0 Å². The largest absolute Gasteiger partial charge is 0.314 e. The molecule has 0 aliphatic carbocycles. The number of benzene rings is 1. The van der Waals surface area contributed by atoms with Gasteiger partial charge in [-0.2, -0.15) is 0 Å². The van der Waals surface area contributed by atoms with Gasteiger partial charge in [-0.05, 0) is 62.0 Å². The van der Waals surface area contributed by atoms with Gasteiger partial charge in [0.15, 0.2) is 0 Å². The number of halogens is 1. The van der Waals surface area contributed by atoms with Crippen LogP contribution in [-0.4, -0.2) is 37.1 Å². The molecule has 1 aromatic rings. The van der Waals surface area contributed by atoms with E-state index in [1.165, 1.54) is 18.5 Å². The maximum Gasteiger partial charge on any atom is 0.123 e. The summed E-state index contributed by atoms with van der Waals surface area (Å²) in [4.78, 5) is 2.54. The van der Waals surface area contributed by atoms with Crippen LogP contribution in [0, 0.1) is 18.7 Å². The molecule has 0 bridgehead atoms. The van der Waals surface area contributed by atoms with Crippen molar-refractivity contribution in [3.05, 3.63) is 35.1 Å². The van der Waals surface area contributed by atoms with Crippen molar-refractivity contribution in [3.63, 3.8) is 0 Å². The quantitative estimate of drug-likeness (QED) is 0.891. The average Bonchev–Trinajstić information content (AvgIpc) is 2.41. The number of likely N-dealkylation sites (tertiary alicyclic amines) is 1. The molecule has 1 N–H and O–H groups in total. The third-order valence-electron chi connectivity index (χ3n) is 4.46. The first-order chi connectivity index (χ1) is 9.60. The van der Waals surface area contributed by atoms with Gasteiger partial charge in [0, 0.05) is 19.1 Å². The standard InChI is InChI=1S/C17H27FN2/c1-4-19-17-8-10-20(12-14(17)3)9-7-15-5-6-16(18)11-13(15)2/h5-6,11,14,17,19H,4,7-10,12H2,1-3H3. The van der Waals surface area contributed by atoms with Crippen LogP contribution in [0.1, 0.15) is 31.4 Å². The van der Waals surface area contributed by atoms with Gasteiger partial charge in [-0.1, -0.05) is 19.9 Å². The SMILES string of the molecule is CCNC1CCN(CCc2ccc(F)cc2C)CC1C. The predicted molar refractivity (Wildman–Crippen MR) is 82.5 cm³/mol. The third-order valence-corrected chi connectivity index (χ3v) is 4.46. The third kappa shape index (κ3) is 4.03. The summed E-state index contributed by atoms with van der Waals surface area (Å²) in [6.07, 6.45) is 2.25. The number of hydrogen-bond donors (Lipinski definition) is 1. The fraction of sp³-hybridized carbons (Fsp3) is 0.647. The number of rotatable bonds is 5. The minimum Gasteiger partial charge on any atom is -0.314 e. The van der Waals surface area contributed by atoms with Crippen molar-refractivity contribution < 1.29 is 4.39 Å². The first-order valence-electron chi connectivity index (χ1n) is 7.81. The molecular weight excluding hydrogens is 251 g/mol. The van der Waals surface area contributed by atoms with Gasteiger partial charge in [0.25, 0.3) is 0 Å². The van der Waals surface area contributed by atoms with Crippen molar-refractivity contribution in [3.8, 4) is 0 Å². The monoisotopic (exact) mass is 278 g/mol. The van der Waals surface area contributed by atoms with Crippen LogP contribution in [0.2, 0.25) is 0 Å². The molecule has 2 atom stereocenters. The van der Waals surface area contributed by atoms with Gasteiger partial charge in [-0.25, -0.2) is 4.39 Å². The molecule has 1 aromatic carbocycles. The van der Waals surface area contributed by atoms with Crippen LogP contribution in [0.4, 0.5) is 4.39 Å². The summed E-state index contributed by atoms with van der Waals surface area (Å²) >= 11 is 0. The highest BCUT2D eigenvalue weighted by Crippen LogP contribution is 2.18. The Morgan fingerprint density at radius 1 is 1.40 bits per heavy atom. The van der Waals surface area contributed by atoms with Crippen LogP contribution in [0.3, 0.4) is 0 Å². The molecule has 2 rings (SSSR count). The first kappa shape index (κ1) is 15.5. The zero-order valence-corrected chi connectivity index (χ0v) is 13.0. The van der Waals surface area contributed by atoms with E-state index in [1.807, 2.05) is 13.0 Å². The average molecular weight is 278 g/mol. The minimum absolute atomic E-state index is 0.133. The Morgan fingerprint density at radius 3 is 2.85 bits per heavy atom. The summed E-state index contributed by atoms with van der Waals surface area (Å²) in [5.41, 5.74) is 2.34. The molecule has 112 valence electrons. The fourth-order valence-corrected chi connectivity index (χ4v) is 3.22. The Labute approximate surface area is 122 Å². The number of nitrogens with one attached hydrogen (secondary N) is 1. The van der Waals surface area contributed by atoms with E-state index >= 15 is 0 Å². The fourth-order valence-electron chi connectivity index (χ4n) is 3.22. The summed E-state index contributed by atoms with van der Waals surface area (Å²) in [6.45, 7) is 11.0. The lowest BCUT2D eigenvalue weighted by Crippen LogP contribution is -2.48. The van der Waals surface area contributed by atoms with Gasteiger partial charge in [0.1, 0.15) is 5.82 Å². The second-order valence-electron chi connectivity index (χ2n) is 6.05. The van der Waals surface area contributed by atoms with Crippen LogP contribution >= 0.6 is 0 Å². The molecule has 1 aliphatic heterocycles. The number of piperidine rings is 1. The lowest BCUT2D eigenvalue weighted by molar-refractivity contribution is 0.150. The maximum absolute atomic E-state index is 13.1. The number of nitrogens with zero attached hydrogens (tertiary/aromatic N) is 1. The highest BCUT2D eigenvalue weighted by atomic mass is 19.1. The summed E-state index contributed by atoms with van der Waals surface area (Å²) in [7, 11) is 0. The van der Waals surface area contributed by atoms with E-state index in [0.717, 1.165) is 31.6 Å². The van der Waals surface area contributed by atoms with E-state index in [4.69, 9.17) is 0 Å². The van der Waals surface area contributed by atoms with Crippen LogP contribution in [0.5, 0.6) is 0 Å². The Morgan fingerprint density at radius 2 is 2.20 bits per heavy atom. The summed E-state index contributed by atoms with van der Waals surface area (Å²) in [5.74, 6) is 0.573. The highest BCUT2D eigenvalue weighted by molar-refractivity contribution is 5.26. The lowest BCUT2D eigenvalue weighted by atomic mass is 9.93. The van der Waals surface area contributed by atoms with Gasteiger partial charge in [0.05, 0.1) is 0 Å². The molecule has 0 saturated carbocycles. The molecule has 1 fully saturated rings. The molecule has 20 heavy (non-hydrogen) atoms. The van der Waals surface area contributed by atoms with E-state index in [1.54, 1.807) is 12.1 Å². The van der Waals surface area contributed by atoms with E-state index in [9.17, 15) is 4.39 Å². The molecule has 2 unspecified atom stereocenters. The molecule has 3 heteroatoms. The van der Waals surface area contributed by atoms with Gasteiger partial charge >= 0.3 is 0 Å². The zero-order valence-electron chi connectivity index (χ0n) is 13.0. The molecule has 0 spiro atoms. The van der Waals surface area contributed by atoms with Crippen LogP contribution < -0.4 is 5.32 Å². The second-order valence-corrected chi connectivity index (χ2v) is 6.05. The van der Waals surface area contributed by atoms with Crippen molar-refractivity contribution in [1.82, 2.24) is 10.2 Å². The zero-order chi connectivity index (χ0) is 14.5. The van der Waals surface area contributed by atoms with E-state index in [2.05, 4.69) is 24.1 Å². The van der Waals surface area contributed by atoms with Crippen molar-refractivity contribution in [2.45, 2.75) is 39.7 Å². The van der Waals surface area contributed by atoms with Crippen molar-refractivity contribution in [2.75, 3.05) is 26.2 Å². The molecular formula is C17H27FN2. The maximum atomic E-state index is 13.1. The molecule has 1 heterocycles. The van der Waals surface area contributed by atoms with Gasteiger partial charge in [0.2, 0.25) is 0 Å². The normalized spacial score (nSPS) is 24.0. The summed E-state index contributed by atoms with van der Waals surface area (Å²) < 4.78 is 13.1. The minimum atomic E-state index is -0.133. The van der Waals surface area contributed by atoms with E-state index in [-0.39, 0.29) is 5.82 Å².